The number of hydrogen-bond donors (Lipinski definition) is 1. The Labute approximate surface area is 170 Å². The molecule has 0 aromatic heterocycles. The van der Waals surface area contributed by atoms with Gasteiger partial charge in [0, 0.05) is 6.42 Å². The third-order valence-corrected chi connectivity index (χ3v) is 5.35. The molecular formula is C24H49NO2. The molecule has 27 heavy (non-hydrogen) atoms. The zero-order chi connectivity index (χ0) is 19.8. The van der Waals surface area contributed by atoms with Gasteiger partial charge in [0.25, 0.3) is 0 Å². The summed E-state index contributed by atoms with van der Waals surface area (Å²) in [6.07, 6.45) is 25.0. The summed E-state index contributed by atoms with van der Waals surface area (Å²) in [5.41, 5.74) is 5.48. The monoisotopic (exact) mass is 383 g/mol. The van der Waals surface area contributed by atoms with Gasteiger partial charge in [0.15, 0.2) is 0 Å². The summed E-state index contributed by atoms with van der Waals surface area (Å²) in [5.74, 6) is 0.00112. The molecule has 0 rings (SSSR count). The van der Waals surface area contributed by atoms with Crippen molar-refractivity contribution >= 4 is 5.97 Å². The minimum absolute atomic E-state index is 0.00112. The number of nitrogens with two attached hydrogens (primary N) is 1. The molecule has 0 aromatic carbocycles. The summed E-state index contributed by atoms with van der Waals surface area (Å²) in [5, 5.41) is 0. The largest absolute Gasteiger partial charge is 0.466 e. The van der Waals surface area contributed by atoms with Crippen molar-refractivity contribution in [1.82, 2.24) is 0 Å². The lowest BCUT2D eigenvalue weighted by molar-refractivity contribution is -0.143. The van der Waals surface area contributed by atoms with Crippen molar-refractivity contribution in [3.63, 3.8) is 0 Å². The number of hydrogen-bond acceptors (Lipinski definition) is 3. The van der Waals surface area contributed by atoms with Crippen molar-refractivity contribution in [2.24, 2.45) is 5.73 Å². The molecule has 0 unspecified atom stereocenters. The average molecular weight is 384 g/mol. The van der Waals surface area contributed by atoms with Gasteiger partial charge in [-0.1, -0.05) is 110 Å². The first-order chi connectivity index (χ1) is 13.3. The molecule has 2 N–H and O–H groups in total. The Kier molecular flexibility index (Phi) is 23.0. The highest BCUT2D eigenvalue weighted by Crippen LogP contribution is 2.13. The predicted octanol–water partition coefficient (Wildman–Crippen LogP) is 7.31. The highest BCUT2D eigenvalue weighted by atomic mass is 16.5. The lowest BCUT2D eigenvalue weighted by Crippen LogP contribution is -2.05. The number of carbonyl (C=O) groups is 1. The number of unbranched alkanes of at least 4 members (excludes halogenated alkanes) is 17. The molecule has 0 bridgehead atoms. The third kappa shape index (κ3) is 23.4. The van der Waals surface area contributed by atoms with Gasteiger partial charge in [0.2, 0.25) is 0 Å². The summed E-state index contributed by atoms with van der Waals surface area (Å²) in [7, 11) is 0. The van der Waals surface area contributed by atoms with Gasteiger partial charge in [-0.15, -0.1) is 0 Å². The van der Waals surface area contributed by atoms with E-state index in [-0.39, 0.29) is 5.97 Å². The molecule has 0 aliphatic carbocycles. The Morgan fingerprint density at radius 1 is 0.593 bits per heavy atom. The molecule has 0 saturated heterocycles. The number of esters is 1. The maximum atomic E-state index is 11.7. The van der Waals surface area contributed by atoms with E-state index in [1.807, 2.05) is 0 Å². The van der Waals surface area contributed by atoms with Crippen LogP contribution in [0.1, 0.15) is 135 Å². The lowest BCUT2D eigenvalue weighted by Gasteiger charge is -2.05. The molecule has 0 spiro atoms. The van der Waals surface area contributed by atoms with E-state index in [1.54, 1.807) is 0 Å². The molecule has 0 heterocycles. The van der Waals surface area contributed by atoms with Gasteiger partial charge >= 0.3 is 5.97 Å². The Morgan fingerprint density at radius 2 is 1.00 bits per heavy atom. The van der Waals surface area contributed by atoms with Gasteiger partial charge in [-0.25, -0.2) is 0 Å². The SMILES string of the molecule is CCCCCCCCCCCCCCCC(=O)OCCCCCCCCN. The maximum Gasteiger partial charge on any atom is 0.305 e. The highest BCUT2D eigenvalue weighted by Gasteiger charge is 2.02. The second-order valence-electron chi connectivity index (χ2n) is 8.12. The Bertz CT molecular complexity index is 294. The third-order valence-electron chi connectivity index (χ3n) is 5.35. The van der Waals surface area contributed by atoms with Gasteiger partial charge in [-0.05, 0) is 25.8 Å². The van der Waals surface area contributed by atoms with Crippen LogP contribution in [0.5, 0.6) is 0 Å². The second kappa shape index (κ2) is 23.5. The van der Waals surface area contributed by atoms with Crippen LogP contribution < -0.4 is 5.73 Å². The minimum Gasteiger partial charge on any atom is -0.466 e. The fraction of sp³-hybridized carbons (Fsp3) is 0.958. The van der Waals surface area contributed by atoms with Gasteiger partial charge in [-0.2, -0.15) is 0 Å². The number of ether oxygens (including phenoxy) is 1. The maximum absolute atomic E-state index is 11.7. The first-order valence-corrected chi connectivity index (χ1v) is 12.2. The molecule has 3 nitrogen and oxygen atoms in total. The molecule has 3 heteroatoms. The summed E-state index contributed by atoms with van der Waals surface area (Å²) in [6.45, 7) is 3.68. The van der Waals surface area contributed by atoms with E-state index in [1.165, 1.54) is 96.3 Å². The van der Waals surface area contributed by atoms with Crippen molar-refractivity contribution < 1.29 is 9.53 Å². The first-order valence-electron chi connectivity index (χ1n) is 12.2. The Balaban J connectivity index is 3.12. The number of rotatable bonds is 22. The van der Waals surface area contributed by atoms with Crippen LogP contribution in [-0.4, -0.2) is 19.1 Å². The smallest absolute Gasteiger partial charge is 0.305 e. The van der Waals surface area contributed by atoms with E-state index in [2.05, 4.69) is 6.92 Å². The molecule has 0 saturated carbocycles. The zero-order valence-electron chi connectivity index (χ0n) is 18.5. The van der Waals surface area contributed by atoms with Crippen LogP contribution in [0.15, 0.2) is 0 Å². The van der Waals surface area contributed by atoms with Crippen molar-refractivity contribution in [3.8, 4) is 0 Å². The lowest BCUT2D eigenvalue weighted by atomic mass is 10.0. The fourth-order valence-electron chi connectivity index (χ4n) is 3.50. The van der Waals surface area contributed by atoms with Crippen LogP contribution >= 0.6 is 0 Å². The summed E-state index contributed by atoms with van der Waals surface area (Å²) in [6, 6.07) is 0. The fourth-order valence-corrected chi connectivity index (χ4v) is 3.50. The molecule has 0 atom stereocenters. The summed E-state index contributed by atoms with van der Waals surface area (Å²) < 4.78 is 5.32. The molecular weight excluding hydrogens is 334 g/mol. The minimum atomic E-state index is 0.00112. The number of carbonyl (C=O) groups excluding carboxylic acids is 1. The predicted molar refractivity (Wildman–Crippen MR) is 118 cm³/mol. The zero-order valence-corrected chi connectivity index (χ0v) is 18.5. The highest BCUT2D eigenvalue weighted by molar-refractivity contribution is 5.69. The Hall–Kier alpha value is -0.570. The van der Waals surface area contributed by atoms with E-state index < -0.39 is 0 Å². The van der Waals surface area contributed by atoms with Crippen molar-refractivity contribution in [2.75, 3.05) is 13.2 Å². The molecule has 0 aliphatic rings. The van der Waals surface area contributed by atoms with E-state index >= 15 is 0 Å². The van der Waals surface area contributed by atoms with Crippen LogP contribution in [0, 0.1) is 0 Å². The Morgan fingerprint density at radius 3 is 1.48 bits per heavy atom. The standard InChI is InChI=1S/C24H49NO2/c1-2-3-4-5-6-7-8-9-10-11-12-15-18-21-24(26)27-23-20-17-14-13-16-19-22-25/h2-23,25H2,1H3. The van der Waals surface area contributed by atoms with Crippen LogP contribution in [0.25, 0.3) is 0 Å². The molecule has 162 valence electrons. The summed E-state index contributed by atoms with van der Waals surface area (Å²) >= 11 is 0. The van der Waals surface area contributed by atoms with E-state index in [0.717, 1.165) is 32.2 Å². The van der Waals surface area contributed by atoms with Crippen molar-refractivity contribution in [2.45, 2.75) is 135 Å². The van der Waals surface area contributed by atoms with Gasteiger partial charge in [0.05, 0.1) is 6.61 Å². The average Bonchev–Trinajstić information content (AvgIpc) is 2.67. The van der Waals surface area contributed by atoms with E-state index in [4.69, 9.17) is 10.5 Å². The molecule has 0 amide bonds. The van der Waals surface area contributed by atoms with Crippen LogP contribution in [-0.2, 0) is 9.53 Å². The van der Waals surface area contributed by atoms with Crippen molar-refractivity contribution in [1.29, 1.82) is 0 Å². The topological polar surface area (TPSA) is 52.3 Å². The van der Waals surface area contributed by atoms with Crippen LogP contribution in [0.4, 0.5) is 0 Å². The first kappa shape index (κ1) is 26.4. The van der Waals surface area contributed by atoms with Crippen molar-refractivity contribution in [3.05, 3.63) is 0 Å². The molecule has 0 aromatic rings. The van der Waals surface area contributed by atoms with Crippen LogP contribution in [0.2, 0.25) is 0 Å². The van der Waals surface area contributed by atoms with Gasteiger partial charge in [-0.3, -0.25) is 4.79 Å². The van der Waals surface area contributed by atoms with Gasteiger partial charge < -0.3 is 10.5 Å². The molecule has 0 fully saturated rings. The normalized spacial score (nSPS) is 11.0. The van der Waals surface area contributed by atoms with Crippen LogP contribution in [0.3, 0.4) is 0 Å². The molecule has 0 aliphatic heterocycles. The summed E-state index contributed by atoms with van der Waals surface area (Å²) in [4.78, 5) is 11.7. The van der Waals surface area contributed by atoms with Gasteiger partial charge in [0.1, 0.15) is 0 Å². The molecule has 0 radical (unpaired) electrons. The second-order valence-corrected chi connectivity index (χ2v) is 8.12. The quantitative estimate of drug-likeness (QED) is 0.157. The van der Waals surface area contributed by atoms with E-state index in [9.17, 15) is 4.79 Å². The van der Waals surface area contributed by atoms with E-state index in [0.29, 0.717) is 13.0 Å².